The Morgan fingerprint density at radius 1 is 0.703 bits per heavy atom. The van der Waals surface area contributed by atoms with Gasteiger partial charge in [-0.15, -0.1) is 0 Å². The van der Waals surface area contributed by atoms with E-state index < -0.39 is 17.9 Å². The Hall–Kier alpha value is -4.89. The summed E-state index contributed by atoms with van der Waals surface area (Å²) < 4.78 is 16.1. The lowest BCUT2D eigenvalue weighted by Crippen LogP contribution is -2.02. The summed E-state index contributed by atoms with van der Waals surface area (Å²) in [6.45, 7) is 0. The van der Waals surface area contributed by atoms with Crippen LogP contribution in [0.4, 0.5) is 0 Å². The number of carbonyl (C=O) groups is 4. The molecule has 5 rings (SSSR count). The number of aldehydes is 1. The largest absolute Gasteiger partial charge is 0.478 e. The second-order valence-electron chi connectivity index (χ2n) is 7.81. The first kappa shape index (κ1) is 23.8. The lowest BCUT2D eigenvalue weighted by molar-refractivity contribution is 0.0442. The quantitative estimate of drug-likeness (QED) is 0.166. The number of carbonyl (C=O) groups excluding carboxylic acids is 3. The van der Waals surface area contributed by atoms with Crippen molar-refractivity contribution in [3.8, 4) is 23.0 Å². The maximum Gasteiger partial charge on any atom is 0.347 e. The van der Waals surface area contributed by atoms with Crippen LogP contribution in [0.25, 0.3) is 0 Å². The minimum Gasteiger partial charge on any atom is -0.478 e. The summed E-state index contributed by atoms with van der Waals surface area (Å²) in [7, 11) is 0. The number of rotatable bonds is 8. The van der Waals surface area contributed by atoms with Crippen molar-refractivity contribution in [2.45, 2.75) is 9.79 Å². The minimum absolute atomic E-state index is 0.0801. The van der Waals surface area contributed by atoms with Gasteiger partial charge in [0, 0.05) is 15.4 Å². The minimum atomic E-state index is -1.20. The van der Waals surface area contributed by atoms with E-state index in [2.05, 4.69) is 4.74 Å². The van der Waals surface area contributed by atoms with Gasteiger partial charge in [0.15, 0.2) is 6.29 Å². The van der Waals surface area contributed by atoms with Crippen LogP contribution < -0.4 is 9.47 Å². The molecule has 0 amide bonds. The molecule has 9 heteroatoms. The van der Waals surface area contributed by atoms with Gasteiger partial charge in [-0.05, 0) is 84.9 Å². The van der Waals surface area contributed by atoms with Crippen LogP contribution in [0.1, 0.15) is 41.4 Å². The summed E-state index contributed by atoms with van der Waals surface area (Å²) in [6, 6.07) is 23.5. The van der Waals surface area contributed by atoms with Crippen molar-refractivity contribution in [2.24, 2.45) is 0 Å². The highest BCUT2D eigenvalue weighted by molar-refractivity contribution is 7.99. The van der Waals surface area contributed by atoms with Crippen LogP contribution in [0.5, 0.6) is 23.0 Å². The molecule has 0 fully saturated rings. The predicted molar refractivity (Wildman–Crippen MR) is 132 cm³/mol. The molecule has 4 aromatic carbocycles. The molecule has 1 aliphatic rings. The topological polar surface area (TPSA) is 116 Å². The van der Waals surface area contributed by atoms with Crippen LogP contribution in [0.2, 0.25) is 0 Å². The van der Waals surface area contributed by atoms with Gasteiger partial charge in [-0.3, -0.25) is 4.79 Å². The third-order valence-electron chi connectivity index (χ3n) is 5.35. The molecule has 0 bridgehead atoms. The summed E-state index contributed by atoms with van der Waals surface area (Å²) in [6.07, 6.45) is 0.492. The first-order chi connectivity index (χ1) is 17.9. The molecule has 1 N–H and O–H groups in total. The summed E-state index contributed by atoms with van der Waals surface area (Å²) in [5.74, 6) is -0.745. The fraction of sp³-hybridized carbons (Fsp3) is 0. The van der Waals surface area contributed by atoms with Crippen molar-refractivity contribution in [3.05, 3.63) is 107 Å². The summed E-state index contributed by atoms with van der Waals surface area (Å²) in [4.78, 5) is 47.5. The zero-order chi connectivity index (χ0) is 25.9. The number of fused-ring (bicyclic) bond motifs is 1. The smallest absolute Gasteiger partial charge is 0.347 e. The van der Waals surface area contributed by atoms with Crippen LogP contribution in [-0.4, -0.2) is 29.3 Å². The summed E-state index contributed by atoms with van der Waals surface area (Å²) in [5, 5.41) is 9.25. The Labute approximate surface area is 214 Å². The second-order valence-corrected chi connectivity index (χ2v) is 8.95. The molecule has 1 heterocycles. The molecule has 0 radical (unpaired) electrons. The third kappa shape index (κ3) is 5.21. The monoisotopic (exact) mass is 512 g/mol. The Morgan fingerprint density at radius 3 is 1.78 bits per heavy atom. The van der Waals surface area contributed by atoms with Gasteiger partial charge in [0.25, 0.3) is 0 Å². The van der Waals surface area contributed by atoms with Crippen molar-refractivity contribution >= 4 is 36.0 Å². The molecular formula is C28H16O8S. The number of hydrogen-bond donors (Lipinski definition) is 1. The molecule has 0 atom stereocenters. The van der Waals surface area contributed by atoms with Crippen LogP contribution in [-0.2, 0) is 4.74 Å². The van der Waals surface area contributed by atoms with Crippen LogP contribution in [0.3, 0.4) is 0 Å². The van der Waals surface area contributed by atoms with Crippen LogP contribution in [0, 0.1) is 0 Å². The van der Waals surface area contributed by atoms with Gasteiger partial charge in [-0.1, -0.05) is 11.8 Å². The molecule has 4 aromatic rings. The molecule has 0 aromatic heterocycles. The molecule has 0 spiro atoms. The molecule has 0 saturated heterocycles. The van der Waals surface area contributed by atoms with E-state index in [1.807, 2.05) is 24.3 Å². The summed E-state index contributed by atoms with van der Waals surface area (Å²) >= 11 is 1.52. The molecular weight excluding hydrogens is 496 g/mol. The Balaban J connectivity index is 1.22. The molecule has 8 nitrogen and oxygen atoms in total. The zero-order valence-electron chi connectivity index (χ0n) is 18.9. The number of esters is 2. The number of cyclic esters (lactones) is 2. The number of ether oxygens (including phenoxy) is 3. The number of benzene rings is 4. The van der Waals surface area contributed by atoms with E-state index in [4.69, 9.17) is 9.47 Å². The van der Waals surface area contributed by atoms with Gasteiger partial charge in [0.1, 0.15) is 23.0 Å². The molecule has 37 heavy (non-hydrogen) atoms. The molecule has 0 unspecified atom stereocenters. The number of carboxylic acids is 1. The van der Waals surface area contributed by atoms with Gasteiger partial charge in [-0.2, -0.15) is 0 Å². The highest BCUT2D eigenvalue weighted by Gasteiger charge is 2.29. The van der Waals surface area contributed by atoms with Crippen molar-refractivity contribution in [3.63, 3.8) is 0 Å². The van der Waals surface area contributed by atoms with E-state index in [0.717, 1.165) is 9.79 Å². The van der Waals surface area contributed by atoms with Gasteiger partial charge in [0.2, 0.25) is 0 Å². The fourth-order valence-electron chi connectivity index (χ4n) is 3.57. The molecule has 0 saturated carbocycles. The Kier molecular flexibility index (Phi) is 6.44. The van der Waals surface area contributed by atoms with Gasteiger partial charge >= 0.3 is 17.9 Å². The first-order valence-corrected chi connectivity index (χ1v) is 11.7. The summed E-state index contributed by atoms with van der Waals surface area (Å²) in [5.41, 5.74) is 0.362. The molecule has 0 aliphatic carbocycles. The van der Waals surface area contributed by atoms with Crippen molar-refractivity contribution in [2.75, 3.05) is 0 Å². The van der Waals surface area contributed by atoms with Crippen molar-refractivity contribution in [1.29, 1.82) is 0 Å². The fourth-order valence-corrected chi connectivity index (χ4v) is 4.39. The zero-order valence-corrected chi connectivity index (χ0v) is 19.7. The van der Waals surface area contributed by atoms with Crippen LogP contribution in [0.15, 0.2) is 94.7 Å². The normalized spacial score (nSPS) is 12.0. The van der Waals surface area contributed by atoms with E-state index in [1.165, 1.54) is 42.1 Å². The maximum atomic E-state index is 11.7. The molecule has 182 valence electrons. The number of carboxylic acid groups (broad SMARTS) is 1. The van der Waals surface area contributed by atoms with E-state index >= 15 is 0 Å². The number of hydrogen-bond acceptors (Lipinski definition) is 8. The Morgan fingerprint density at radius 2 is 1.22 bits per heavy atom. The lowest BCUT2D eigenvalue weighted by Gasteiger charge is -2.09. The Bertz CT molecular complexity index is 1490. The van der Waals surface area contributed by atoms with E-state index in [-0.39, 0.29) is 22.3 Å². The van der Waals surface area contributed by atoms with Crippen molar-refractivity contribution in [1.82, 2.24) is 0 Å². The molecule has 1 aliphatic heterocycles. The van der Waals surface area contributed by atoms with E-state index in [1.54, 1.807) is 30.3 Å². The van der Waals surface area contributed by atoms with Crippen molar-refractivity contribution < 1.29 is 38.5 Å². The third-order valence-corrected chi connectivity index (χ3v) is 6.37. The van der Waals surface area contributed by atoms with Crippen LogP contribution >= 0.6 is 11.8 Å². The lowest BCUT2D eigenvalue weighted by atomic mass is 10.1. The number of aromatic carboxylic acids is 1. The van der Waals surface area contributed by atoms with Gasteiger partial charge in [0.05, 0.1) is 16.7 Å². The first-order valence-electron chi connectivity index (χ1n) is 10.9. The van der Waals surface area contributed by atoms with E-state index in [0.29, 0.717) is 29.3 Å². The highest BCUT2D eigenvalue weighted by Crippen LogP contribution is 2.33. The average Bonchev–Trinajstić information content (AvgIpc) is 3.18. The standard InChI is InChI=1S/C28H16O8S/c29-15-16-1-2-19(13-24(16)26(30)31)34-17-3-8-21(9-4-17)37-22-10-5-18(6-11-22)35-20-7-12-23-25(14-20)28(33)36-27(23)32/h1-15H,(H,30,31). The van der Waals surface area contributed by atoms with Gasteiger partial charge < -0.3 is 19.3 Å². The maximum absolute atomic E-state index is 11.7. The van der Waals surface area contributed by atoms with E-state index in [9.17, 15) is 24.3 Å². The predicted octanol–water partition coefficient (Wildman–Crippen LogP) is 6.24. The second kappa shape index (κ2) is 10.00. The SMILES string of the molecule is O=Cc1ccc(Oc2ccc(Sc3ccc(Oc4ccc5c(c4)C(=O)OC5=O)cc3)cc2)cc1C(=O)O. The highest BCUT2D eigenvalue weighted by atomic mass is 32.2. The average molecular weight is 512 g/mol. The van der Waals surface area contributed by atoms with Gasteiger partial charge in [-0.25, -0.2) is 14.4 Å².